The van der Waals surface area contributed by atoms with E-state index in [9.17, 15) is 4.79 Å². The van der Waals surface area contributed by atoms with Gasteiger partial charge in [0.05, 0.1) is 16.9 Å². The minimum absolute atomic E-state index is 0.241. The number of nitrogens with zero attached hydrogens (tertiary/aromatic N) is 2. The summed E-state index contributed by atoms with van der Waals surface area (Å²) in [4.78, 5) is 14.8. The van der Waals surface area contributed by atoms with E-state index in [0.29, 0.717) is 23.5 Å². The highest BCUT2D eigenvalue weighted by Gasteiger charge is 2.07. The molecule has 1 aromatic heterocycles. The molecule has 1 amide bonds. The zero-order valence-corrected chi connectivity index (χ0v) is 9.37. The van der Waals surface area contributed by atoms with Gasteiger partial charge >= 0.3 is 0 Å². The Morgan fingerprint density at radius 1 is 1.62 bits per heavy atom. The number of aryl methyl sites for hydroxylation is 2. The Morgan fingerprint density at radius 3 is 2.88 bits per heavy atom. The third kappa shape index (κ3) is 2.95. The van der Waals surface area contributed by atoms with E-state index in [1.807, 2.05) is 6.92 Å². The van der Waals surface area contributed by atoms with E-state index in [0.717, 1.165) is 5.69 Å². The third-order valence-corrected chi connectivity index (χ3v) is 2.13. The Bertz CT molecular complexity index is 448. The molecule has 3 N–H and O–H groups in total. The van der Waals surface area contributed by atoms with E-state index < -0.39 is 0 Å². The molecule has 0 unspecified atom stereocenters. The van der Waals surface area contributed by atoms with Crippen LogP contribution in [0.25, 0.3) is 0 Å². The first-order chi connectivity index (χ1) is 7.54. The molecule has 0 bridgehead atoms. The van der Waals surface area contributed by atoms with Crippen molar-refractivity contribution >= 4 is 11.6 Å². The first-order valence-electron chi connectivity index (χ1n) is 4.95. The van der Waals surface area contributed by atoms with Crippen molar-refractivity contribution in [3.8, 4) is 6.07 Å². The van der Waals surface area contributed by atoms with Crippen molar-refractivity contribution in [2.45, 2.75) is 20.3 Å². The summed E-state index contributed by atoms with van der Waals surface area (Å²) in [5.74, 6) is -0.367. The second-order valence-electron chi connectivity index (χ2n) is 3.53. The summed E-state index contributed by atoms with van der Waals surface area (Å²) in [6, 6.07) is 3.87. The molecule has 1 aromatic rings. The zero-order chi connectivity index (χ0) is 12.1. The number of carbonyl (C=O) groups is 1. The van der Waals surface area contributed by atoms with Gasteiger partial charge in [0.1, 0.15) is 6.07 Å². The number of amides is 1. The topological polar surface area (TPSA) is 91.8 Å². The smallest absolute Gasteiger partial charge is 0.219 e. The maximum absolute atomic E-state index is 10.6. The van der Waals surface area contributed by atoms with Crippen LogP contribution in [-0.2, 0) is 4.79 Å². The predicted octanol–water partition coefficient (Wildman–Crippen LogP) is 0.857. The lowest BCUT2D eigenvalue weighted by molar-refractivity contribution is -0.117. The number of carbonyl (C=O) groups excluding carboxylic acids is 1. The number of nitriles is 1. The van der Waals surface area contributed by atoms with Crippen LogP contribution in [-0.4, -0.2) is 17.4 Å². The molecule has 0 aromatic carbocycles. The van der Waals surface area contributed by atoms with Crippen molar-refractivity contribution in [2.24, 2.45) is 5.73 Å². The highest BCUT2D eigenvalue weighted by molar-refractivity contribution is 5.74. The highest BCUT2D eigenvalue weighted by atomic mass is 16.1. The fourth-order valence-corrected chi connectivity index (χ4v) is 1.43. The summed E-state index contributed by atoms with van der Waals surface area (Å²) in [7, 11) is 0. The van der Waals surface area contributed by atoms with Crippen LogP contribution in [0.1, 0.15) is 23.4 Å². The van der Waals surface area contributed by atoms with E-state index in [1.165, 1.54) is 0 Å². The van der Waals surface area contributed by atoms with Gasteiger partial charge in [0, 0.05) is 18.7 Å². The molecule has 0 saturated carbocycles. The van der Waals surface area contributed by atoms with Gasteiger partial charge in [0.2, 0.25) is 5.91 Å². The van der Waals surface area contributed by atoms with Gasteiger partial charge in [-0.25, -0.2) is 0 Å². The molecular weight excluding hydrogens is 204 g/mol. The molecule has 0 aliphatic carbocycles. The first-order valence-corrected chi connectivity index (χ1v) is 4.95. The molecule has 0 aliphatic heterocycles. The van der Waals surface area contributed by atoms with Crippen LogP contribution in [0.2, 0.25) is 0 Å². The fraction of sp³-hybridized carbons (Fsp3) is 0.364. The number of hydrogen-bond donors (Lipinski definition) is 2. The fourth-order valence-electron chi connectivity index (χ4n) is 1.43. The van der Waals surface area contributed by atoms with Gasteiger partial charge in [-0.15, -0.1) is 0 Å². The van der Waals surface area contributed by atoms with Gasteiger partial charge in [0.25, 0.3) is 0 Å². The summed E-state index contributed by atoms with van der Waals surface area (Å²) in [6.07, 6.45) is 0.241. The molecule has 84 valence electrons. The second-order valence-corrected chi connectivity index (χ2v) is 3.53. The largest absolute Gasteiger partial charge is 0.383 e. The van der Waals surface area contributed by atoms with E-state index in [-0.39, 0.29) is 12.3 Å². The molecule has 0 fully saturated rings. The lowest BCUT2D eigenvalue weighted by atomic mass is 10.1. The van der Waals surface area contributed by atoms with Crippen LogP contribution in [0, 0.1) is 25.2 Å². The maximum atomic E-state index is 10.6. The average Bonchev–Trinajstić information content (AvgIpc) is 2.16. The van der Waals surface area contributed by atoms with Crippen molar-refractivity contribution in [2.75, 3.05) is 11.9 Å². The van der Waals surface area contributed by atoms with Crippen molar-refractivity contribution in [1.29, 1.82) is 5.26 Å². The molecule has 5 nitrogen and oxygen atoms in total. The summed E-state index contributed by atoms with van der Waals surface area (Å²) in [5.41, 5.74) is 7.76. The second kappa shape index (κ2) is 5.12. The summed E-state index contributed by atoms with van der Waals surface area (Å²) >= 11 is 0. The summed E-state index contributed by atoms with van der Waals surface area (Å²) in [6.45, 7) is 4.06. The zero-order valence-electron chi connectivity index (χ0n) is 9.37. The van der Waals surface area contributed by atoms with Crippen LogP contribution in [0.15, 0.2) is 6.07 Å². The summed E-state index contributed by atoms with van der Waals surface area (Å²) in [5, 5.41) is 12.0. The van der Waals surface area contributed by atoms with Gasteiger partial charge in [-0.2, -0.15) is 5.26 Å². The van der Waals surface area contributed by atoms with Crippen LogP contribution in [0.3, 0.4) is 0 Å². The Balaban J connectivity index is 2.86. The molecule has 0 atom stereocenters. The Kier molecular flexibility index (Phi) is 3.84. The number of rotatable bonds is 4. The number of hydrogen-bond acceptors (Lipinski definition) is 4. The van der Waals surface area contributed by atoms with E-state index in [1.54, 1.807) is 13.0 Å². The lowest BCUT2D eigenvalue weighted by Gasteiger charge is -2.09. The minimum atomic E-state index is -0.367. The molecule has 1 heterocycles. The number of anilines is 1. The quantitative estimate of drug-likeness (QED) is 0.783. The van der Waals surface area contributed by atoms with Gasteiger partial charge < -0.3 is 11.1 Å². The Hall–Kier alpha value is -2.09. The SMILES string of the molecule is Cc1cc(NCCC(N)=O)c(C#N)c(C)n1. The standard InChI is InChI=1S/C11H14N4O/c1-7-5-10(14-4-3-11(13)16)9(6-12)8(2)15-7/h5H,3-4H2,1-2H3,(H2,13,16)(H,14,15). The maximum Gasteiger partial charge on any atom is 0.219 e. The molecule has 0 radical (unpaired) electrons. The van der Waals surface area contributed by atoms with Crippen LogP contribution in [0.5, 0.6) is 0 Å². The van der Waals surface area contributed by atoms with Gasteiger partial charge in [0.15, 0.2) is 0 Å². The number of aromatic nitrogens is 1. The molecule has 0 aliphatic rings. The number of nitrogens with two attached hydrogens (primary N) is 1. The Morgan fingerprint density at radius 2 is 2.31 bits per heavy atom. The van der Waals surface area contributed by atoms with Crippen molar-refractivity contribution < 1.29 is 4.79 Å². The molecular formula is C11H14N4O. The van der Waals surface area contributed by atoms with Gasteiger partial charge in [-0.05, 0) is 19.9 Å². The van der Waals surface area contributed by atoms with Gasteiger partial charge in [-0.3, -0.25) is 9.78 Å². The third-order valence-electron chi connectivity index (χ3n) is 2.13. The number of pyridine rings is 1. The molecule has 5 heteroatoms. The molecule has 16 heavy (non-hydrogen) atoms. The van der Waals surface area contributed by atoms with Gasteiger partial charge in [-0.1, -0.05) is 0 Å². The molecule has 0 spiro atoms. The van der Waals surface area contributed by atoms with Crippen molar-refractivity contribution in [3.05, 3.63) is 23.0 Å². The average molecular weight is 218 g/mol. The van der Waals surface area contributed by atoms with E-state index in [2.05, 4.69) is 16.4 Å². The summed E-state index contributed by atoms with van der Waals surface area (Å²) < 4.78 is 0. The van der Waals surface area contributed by atoms with E-state index >= 15 is 0 Å². The predicted molar refractivity (Wildman–Crippen MR) is 60.7 cm³/mol. The monoisotopic (exact) mass is 218 g/mol. The van der Waals surface area contributed by atoms with Crippen molar-refractivity contribution in [3.63, 3.8) is 0 Å². The Labute approximate surface area is 94.3 Å². The van der Waals surface area contributed by atoms with Crippen LogP contribution < -0.4 is 11.1 Å². The number of primary amides is 1. The first kappa shape index (κ1) is 12.0. The molecule has 0 saturated heterocycles. The highest BCUT2D eigenvalue weighted by Crippen LogP contribution is 2.18. The van der Waals surface area contributed by atoms with Crippen LogP contribution in [0.4, 0.5) is 5.69 Å². The number of nitrogens with one attached hydrogen (secondary N) is 1. The van der Waals surface area contributed by atoms with E-state index in [4.69, 9.17) is 11.0 Å². The minimum Gasteiger partial charge on any atom is -0.383 e. The molecule has 1 rings (SSSR count). The normalized spacial score (nSPS) is 9.56. The lowest BCUT2D eigenvalue weighted by Crippen LogP contribution is -2.16. The van der Waals surface area contributed by atoms with Crippen LogP contribution >= 0.6 is 0 Å². The van der Waals surface area contributed by atoms with Crippen molar-refractivity contribution in [1.82, 2.24) is 4.98 Å².